The molecule has 0 aromatic heterocycles. The highest BCUT2D eigenvalue weighted by atomic mass is 16.7. The van der Waals surface area contributed by atoms with Crippen LogP contribution in [0.1, 0.15) is 100 Å². The van der Waals surface area contributed by atoms with Gasteiger partial charge in [-0.3, -0.25) is 0 Å². The van der Waals surface area contributed by atoms with E-state index in [2.05, 4.69) is 67.5 Å². The lowest BCUT2D eigenvalue weighted by Gasteiger charge is -2.72. The summed E-state index contributed by atoms with van der Waals surface area (Å²) in [6.07, 6.45) is 2.23. The summed E-state index contributed by atoms with van der Waals surface area (Å²) in [6.45, 7) is 17.2. The Bertz CT molecular complexity index is 1110. The average molecular weight is 621 g/mol. The quantitative estimate of drug-likeness (QED) is 0.193. The first kappa shape index (κ1) is 34.5. The zero-order valence-electron chi connectivity index (χ0n) is 28.2. The minimum Gasteiger partial charge on any atom is -0.394 e. The summed E-state index contributed by atoms with van der Waals surface area (Å²) < 4.78 is 12.6. The van der Waals surface area contributed by atoms with Crippen molar-refractivity contribution in [3.8, 4) is 0 Å². The molecule has 8 heteroatoms. The third kappa shape index (κ3) is 5.18. The molecule has 0 bridgehead atoms. The third-order valence-corrected chi connectivity index (χ3v) is 13.9. The number of fused-ring (bicyclic) bond motifs is 5. The van der Waals surface area contributed by atoms with Crippen LogP contribution in [0.25, 0.3) is 0 Å². The highest BCUT2D eigenvalue weighted by Gasteiger charge is 2.72. The van der Waals surface area contributed by atoms with Gasteiger partial charge in [0.25, 0.3) is 0 Å². The molecule has 0 amide bonds. The molecule has 4 saturated carbocycles. The van der Waals surface area contributed by atoms with E-state index in [9.17, 15) is 30.6 Å². The van der Waals surface area contributed by atoms with Gasteiger partial charge in [-0.15, -0.1) is 0 Å². The second-order valence-corrected chi connectivity index (χ2v) is 16.8. The van der Waals surface area contributed by atoms with E-state index in [-0.39, 0.29) is 34.0 Å². The largest absolute Gasteiger partial charge is 0.394 e. The van der Waals surface area contributed by atoms with Crippen LogP contribution in [0.4, 0.5) is 0 Å². The average Bonchev–Trinajstić information content (AvgIpc) is 3.32. The molecule has 4 aliphatic carbocycles. The minimum atomic E-state index is -1.52. The fourth-order valence-electron chi connectivity index (χ4n) is 11.5. The Hall–Kier alpha value is -0.840. The van der Waals surface area contributed by atoms with Gasteiger partial charge >= 0.3 is 0 Å². The van der Waals surface area contributed by atoms with Crippen molar-refractivity contribution in [2.45, 2.75) is 149 Å². The zero-order valence-corrected chi connectivity index (χ0v) is 28.2. The van der Waals surface area contributed by atoms with Gasteiger partial charge in [0.2, 0.25) is 0 Å². The third-order valence-electron chi connectivity index (χ3n) is 13.9. The minimum absolute atomic E-state index is 0.112. The maximum Gasteiger partial charge on any atom is 0.186 e. The molecule has 5 rings (SSSR count). The van der Waals surface area contributed by atoms with Crippen molar-refractivity contribution >= 4 is 0 Å². The molecule has 1 saturated heterocycles. The zero-order chi connectivity index (χ0) is 32.6. The van der Waals surface area contributed by atoms with Crippen LogP contribution in [0.3, 0.4) is 0 Å². The van der Waals surface area contributed by atoms with E-state index in [1.165, 1.54) is 11.1 Å². The second kappa shape index (κ2) is 12.0. The smallest absolute Gasteiger partial charge is 0.186 e. The summed E-state index contributed by atoms with van der Waals surface area (Å²) >= 11 is 0. The maximum absolute atomic E-state index is 12.0. The van der Waals surface area contributed by atoms with Crippen molar-refractivity contribution in [3.05, 3.63) is 23.3 Å². The summed E-state index contributed by atoms with van der Waals surface area (Å²) in [5.41, 5.74) is 1.49. The molecule has 0 radical (unpaired) electrons. The summed E-state index contributed by atoms with van der Waals surface area (Å²) in [5, 5.41) is 65.2. The summed E-state index contributed by atoms with van der Waals surface area (Å²) in [4.78, 5) is 0. The summed E-state index contributed by atoms with van der Waals surface area (Å²) in [7, 11) is 0. The molecule has 1 heterocycles. The number of aliphatic hydroxyl groups is 6. The lowest BCUT2D eigenvalue weighted by atomic mass is 9.34. The van der Waals surface area contributed by atoms with Gasteiger partial charge in [-0.1, -0.05) is 57.9 Å². The number of hydrogen-bond acceptors (Lipinski definition) is 8. The van der Waals surface area contributed by atoms with E-state index in [0.717, 1.165) is 25.7 Å². The number of rotatable bonds is 6. The Balaban J connectivity index is 1.55. The van der Waals surface area contributed by atoms with Crippen LogP contribution in [0, 0.1) is 45.3 Å². The van der Waals surface area contributed by atoms with Crippen molar-refractivity contribution in [3.63, 3.8) is 0 Å². The second-order valence-electron chi connectivity index (χ2n) is 16.8. The van der Waals surface area contributed by atoms with Crippen LogP contribution in [-0.2, 0) is 9.47 Å². The molecule has 0 unspecified atom stereocenters. The molecule has 5 fully saturated rings. The Morgan fingerprint density at radius 3 is 2.18 bits per heavy atom. The molecule has 15 atom stereocenters. The van der Waals surface area contributed by atoms with Gasteiger partial charge in [-0.2, -0.15) is 0 Å². The highest BCUT2D eigenvalue weighted by molar-refractivity contribution is 5.24. The number of aliphatic hydroxyl groups excluding tert-OH is 6. The SMILES string of the molecule is CC(C)=CC/C=C(/C)[C@H]1CC[C@]2(C)[C@@H]1[C@H](O)C[C@@H]1[C@@]3(C)CC[C@H](O)C(C)(C)[C@@H]3[C@H](O[C@@H]3O[C@H](CO)[C@@H](O)[C@H](O)[C@H]3O)C[C@]12C. The first-order valence-corrected chi connectivity index (χ1v) is 17.1. The van der Waals surface area contributed by atoms with Crippen LogP contribution in [0.2, 0.25) is 0 Å². The van der Waals surface area contributed by atoms with Gasteiger partial charge in [0.1, 0.15) is 24.4 Å². The first-order valence-electron chi connectivity index (χ1n) is 17.1. The van der Waals surface area contributed by atoms with Crippen LogP contribution in [0.5, 0.6) is 0 Å². The standard InChI is InChI=1S/C36H60O8/c1-19(2)10-9-11-20(3)21-12-15-35(7)27(21)22(38)16-25-34(6)14-13-26(39)33(4,5)31(34)23(17-36(25,35)8)43-32-30(42)29(41)28(40)24(18-37)44-32/h10-11,21-32,37-42H,9,12-18H2,1-8H3/b20-11-/t21-,22-,23-,24-,25-,26+,27+,28-,29+,30-,31+,32-,34-,35-,36-/m1/s1. The van der Waals surface area contributed by atoms with Crippen molar-refractivity contribution in [2.75, 3.05) is 6.61 Å². The van der Waals surface area contributed by atoms with E-state index in [1.54, 1.807) is 0 Å². The molecule has 8 nitrogen and oxygen atoms in total. The molecular formula is C36H60O8. The fraction of sp³-hybridized carbons (Fsp3) is 0.889. The molecule has 0 aromatic carbocycles. The lowest BCUT2D eigenvalue weighted by molar-refractivity contribution is -0.346. The first-order chi connectivity index (χ1) is 20.4. The van der Waals surface area contributed by atoms with E-state index < -0.39 is 61.0 Å². The normalized spacial score (nSPS) is 52.1. The van der Waals surface area contributed by atoms with Crippen LogP contribution in [-0.4, -0.2) is 86.3 Å². The summed E-state index contributed by atoms with van der Waals surface area (Å²) in [6, 6.07) is 0. The predicted molar refractivity (Wildman–Crippen MR) is 168 cm³/mol. The molecule has 1 aliphatic heterocycles. The topological polar surface area (TPSA) is 140 Å². The Morgan fingerprint density at radius 1 is 0.864 bits per heavy atom. The Labute approximate surface area is 264 Å². The van der Waals surface area contributed by atoms with Gasteiger partial charge in [0.05, 0.1) is 24.9 Å². The van der Waals surface area contributed by atoms with Gasteiger partial charge in [-0.25, -0.2) is 0 Å². The van der Waals surface area contributed by atoms with Gasteiger partial charge < -0.3 is 40.1 Å². The van der Waals surface area contributed by atoms with Crippen molar-refractivity contribution in [2.24, 2.45) is 45.3 Å². The van der Waals surface area contributed by atoms with Gasteiger partial charge in [0, 0.05) is 0 Å². The lowest BCUT2D eigenvalue weighted by Crippen LogP contribution is -2.70. The molecule has 0 aromatic rings. The van der Waals surface area contributed by atoms with Crippen LogP contribution >= 0.6 is 0 Å². The number of hydrogen-bond donors (Lipinski definition) is 6. The van der Waals surface area contributed by atoms with Crippen LogP contribution in [0.15, 0.2) is 23.3 Å². The van der Waals surface area contributed by atoms with Crippen molar-refractivity contribution in [1.82, 2.24) is 0 Å². The predicted octanol–water partition coefficient (Wildman–Crippen LogP) is 4.10. The molecule has 5 aliphatic rings. The van der Waals surface area contributed by atoms with Gasteiger partial charge in [0.15, 0.2) is 6.29 Å². The monoisotopic (exact) mass is 620 g/mol. The molecular weight excluding hydrogens is 560 g/mol. The molecule has 6 N–H and O–H groups in total. The molecule has 44 heavy (non-hydrogen) atoms. The number of ether oxygens (including phenoxy) is 2. The molecule has 0 spiro atoms. The fourth-order valence-corrected chi connectivity index (χ4v) is 11.5. The highest BCUT2D eigenvalue weighted by Crippen LogP contribution is 2.76. The Morgan fingerprint density at radius 2 is 1.55 bits per heavy atom. The van der Waals surface area contributed by atoms with Gasteiger partial charge in [-0.05, 0) is 111 Å². The van der Waals surface area contributed by atoms with Crippen molar-refractivity contribution < 1.29 is 40.1 Å². The van der Waals surface area contributed by atoms with E-state index in [0.29, 0.717) is 25.2 Å². The number of allylic oxidation sites excluding steroid dienone is 4. The Kier molecular flexibility index (Phi) is 9.40. The van der Waals surface area contributed by atoms with Crippen LogP contribution < -0.4 is 0 Å². The van der Waals surface area contributed by atoms with E-state index in [1.807, 2.05) is 0 Å². The molecule has 252 valence electrons. The van der Waals surface area contributed by atoms with E-state index in [4.69, 9.17) is 9.47 Å². The maximum atomic E-state index is 12.0. The van der Waals surface area contributed by atoms with E-state index >= 15 is 0 Å². The van der Waals surface area contributed by atoms with Crippen molar-refractivity contribution in [1.29, 1.82) is 0 Å². The summed E-state index contributed by atoms with van der Waals surface area (Å²) in [5.74, 6) is 0.506.